The Morgan fingerprint density at radius 3 is 2.67 bits per heavy atom. The molecule has 0 aromatic carbocycles. The second-order valence-corrected chi connectivity index (χ2v) is 4.10. The second-order valence-electron chi connectivity index (χ2n) is 4.10. The van der Waals surface area contributed by atoms with E-state index >= 15 is 0 Å². The number of hydroxylamine groups is 1. The smallest absolute Gasteiger partial charge is 0.276 e. The van der Waals surface area contributed by atoms with E-state index in [4.69, 9.17) is 5.21 Å². The SMILES string of the molecule is O=C(NO)c1cnc(NC2CC(F)(F)C2)c(F)c1. The topological polar surface area (TPSA) is 74.2 Å². The van der Waals surface area contributed by atoms with Crippen LogP contribution >= 0.6 is 0 Å². The average Bonchev–Trinajstić information content (AvgIpc) is 2.28. The lowest BCUT2D eigenvalue weighted by Gasteiger charge is -2.35. The number of rotatable bonds is 3. The lowest BCUT2D eigenvalue weighted by molar-refractivity contribution is -0.0794. The molecule has 2 rings (SSSR count). The van der Waals surface area contributed by atoms with Crippen molar-refractivity contribution in [1.82, 2.24) is 10.5 Å². The molecule has 3 N–H and O–H groups in total. The molecule has 1 fully saturated rings. The first-order chi connectivity index (χ1) is 8.41. The summed E-state index contributed by atoms with van der Waals surface area (Å²) in [6.07, 6.45) is 0.299. The first-order valence-corrected chi connectivity index (χ1v) is 5.15. The minimum absolute atomic E-state index is 0.167. The summed E-state index contributed by atoms with van der Waals surface area (Å²) in [5.74, 6) is -4.63. The largest absolute Gasteiger partial charge is 0.364 e. The third-order valence-corrected chi connectivity index (χ3v) is 2.64. The third-order valence-electron chi connectivity index (χ3n) is 2.64. The van der Waals surface area contributed by atoms with Gasteiger partial charge in [0.15, 0.2) is 11.6 Å². The molecule has 0 bridgehead atoms. The minimum Gasteiger partial charge on any atom is -0.364 e. The molecule has 1 aromatic rings. The van der Waals surface area contributed by atoms with Gasteiger partial charge in [-0.2, -0.15) is 0 Å². The maximum absolute atomic E-state index is 13.5. The molecule has 0 unspecified atom stereocenters. The number of pyridine rings is 1. The van der Waals surface area contributed by atoms with E-state index in [-0.39, 0.29) is 24.2 Å². The molecular weight excluding hydrogens is 251 g/mol. The molecule has 5 nitrogen and oxygen atoms in total. The Kier molecular flexibility index (Phi) is 3.12. The van der Waals surface area contributed by atoms with Crippen LogP contribution in [0.2, 0.25) is 0 Å². The van der Waals surface area contributed by atoms with Crippen molar-refractivity contribution in [1.29, 1.82) is 0 Å². The summed E-state index contributed by atoms with van der Waals surface area (Å²) >= 11 is 0. The van der Waals surface area contributed by atoms with E-state index in [0.29, 0.717) is 0 Å². The van der Waals surface area contributed by atoms with Crippen LogP contribution in [0.15, 0.2) is 12.3 Å². The normalized spacial score (nSPS) is 18.0. The Balaban J connectivity index is 2.04. The highest BCUT2D eigenvalue weighted by atomic mass is 19.3. The van der Waals surface area contributed by atoms with Crippen molar-refractivity contribution < 1.29 is 23.2 Å². The van der Waals surface area contributed by atoms with E-state index in [9.17, 15) is 18.0 Å². The fourth-order valence-corrected chi connectivity index (χ4v) is 1.69. The van der Waals surface area contributed by atoms with Gasteiger partial charge in [-0.15, -0.1) is 0 Å². The molecule has 0 atom stereocenters. The van der Waals surface area contributed by atoms with E-state index < -0.39 is 23.7 Å². The Morgan fingerprint density at radius 1 is 1.50 bits per heavy atom. The number of hydrogen-bond acceptors (Lipinski definition) is 4. The molecule has 1 aliphatic carbocycles. The zero-order chi connectivity index (χ0) is 13.3. The van der Waals surface area contributed by atoms with Gasteiger partial charge in [0, 0.05) is 25.1 Å². The lowest BCUT2D eigenvalue weighted by Crippen LogP contribution is -2.44. The number of halogens is 3. The van der Waals surface area contributed by atoms with Crippen molar-refractivity contribution >= 4 is 11.7 Å². The molecule has 1 aliphatic rings. The number of nitrogens with zero attached hydrogens (tertiary/aromatic N) is 1. The Hall–Kier alpha value is -1.83. The van der Waals surface area contributed by atoms with Crippen LogP contribution in [0.1, 0.15) is 23.2 Å². The predicted octanol–water partition coefficient (Wildman–Crippen LogP) is 1.55. The number of carbonyl (C=O) groups excluding carboxylic acids is 1. The Bertz CT molecular complexity index is 473. The van der Waals surface area contributed by atoms with E-state index in [1.54, 1.807) is 0 Å². The molecule has 1 heterocycles. The van der Waals surface area contributed by atoms with Gasteiger partial charge in [0.2, 0.25) is 0 Å². The van der Waals surface area contributed by atoms with Gasteiger partial charge in [-0.1, -0.05) is 0 Å². The highest BCUT2D eigenvalue weighted by Crippen LogP contribution is 2.39. The van der Waals surface area contributed by atoms with Gasteiger partial charge in [-0.3, -0.25) is 10.0 Å². The molecule has 1 amide bonds. The third kappa shape index (κ3) is 2.53. The van der Waals surface area contributed by atoms with Crippen LogP contribution in [0.4, 0.5) is 19.0 Å². The molecule has 0 aliphatic heterocycles. The van der Waals surface area contributed by atoms with Crippen molar-refractivity contribution in [3.8, 4) is 0 Å². The van der Waals surface area contributed by atoms with Crippen LogP contribution < -0.4 is 10.8 Å². The van der Waals surface area contributed by atoms with Crippen LogP contribution in [-0.2, 0) is 0 Å². The summed E-state index contributed by atoms with van der Waals surface area (Å²) in [6.45, 7) is 0. The van der Waals surface area contributed by atoms with Crippen LogP contribution in [0, 0.1) is 5.82 Å². The first-order valence-electron chi connectivity index (χ1n) is 5.15. The van der Waals surface area contributed by atoms with E-state index in [0.717, 1.165) is 12.3 Å². The summed E-state index contributed by atoms with van der Waals surface area (Å²) < 4.78 is 38.6. The van der Waals surface area contributed by atoms with Gasteiger partial charge in [0.25, 0.3) is 11.8 Å². The summed E-state index contributed by atoms with van der Waals surface area (Å²) in [6, 6.07) is 0.331. The van der Waals surface area contributed by atoms with Crippen molar-refractivity contribution in [2.45, 2.75) is 24.8 Å². The fourth-order valence-electron chi connectivity index (χ4n) is 1.69. The van der Waals surface area contributed by atoms with Gasteiger partial charge in [-0.05, 0) is 6.07 Å². The maximum Gasteiger partial charge on any atom is 0.276 e. The highest BCUT2D eigenvalue weighted by molar-refractivity contribution is 5.93. The van der Waals surface area contributed by atoms with Gasteiger partial charge < -0.3 is 5.32 Å². The number of anilines is 1. The number of aromatic nitrogens is 1. The zero-order valence-corrected chi connectivity index (χ0v) is 9.08. The lowest BCUT2D eigenvalue weighted by atomic mass is 9.88. The van der Waals surface area contributed by atoms with Crippen molar-refractivity contribution in [3.63, 3.8) is 0 Å². The van der Waals surface area contributed by atoms with Crippen molar-refractivity contribution in [3.05, 3.63) is 23.6 Å². The van der Waals surface area contributed by atoms with Crippen LogP contribution in [0.5, 0.6) is 0 Å². The molecular formula is C10H10F3N3O2. The summed E-state index contributed by atoms with van der Waals surface area (Å²) in [7, 11) is 0. The van der Waals surface area contributed by atoms with Crippen LogP contribution in [0.3, 0.4) is 0 Å². The number of carbonyl (C=O) groups is 1. The van der Waals surface area contributed by atoms with Crippen LogP contribution in [-0.4, -0.2) is 28.1 Å². The van der Waals surface area contributed by atoms with Crippen molar-refractivity contribution in [2.75, 3.05) is 5.32 Å². The van der Waals surface area contributed by atoms with Gasteiger partial charge in [-0.25, -0.2) is 23.6 Å². The number of nitrogens with one attached hydrogen (secondary N) is 2. The molecule has 0 saturated heterocycles. The number of alkyl halides is 2. The van der Waals surface area contributed by atoms with Gasteiger partial charge in [0.05, 0.1) is 5.56 Å². The van der Waals surface area contributed by atoms with Gasteiger partial charge >= 0.3 is 0 Å². The molecule has 1 saturated carbocycles. The molecule has 98 valence electrons. The van der Waals surface area contributed by atoms with E-state index in [2.05, 4.69) is 10.3 Å². The molecule has 8 heteroatoms. The molecule has 18 heavy (non-hydrogen) atoms. The molecule has 1 aromatic heterocycles. The van der Waals surface area contributed by atoms with E-state index in [1.807, 2.05) is 0 Å². The monoisotopic (exact) mass is 261 g/mol. The highest BCUT2D eigenvalue weighted by Gasteiger charge is 2.45. The Labute approximate surface area is 100.0 Å². The Morgan fingerprint density at radius 2 is 2.17 bits per heavy atom. The molecule has 0 radical (unpaired) electrons. The van der Waals surface area contributed by atoms with E-state index in [1.165, 1.54) is 5.48 Å². The van der Waals surface area contributed by atoms with Crippen LogP contribution in [0.25, 0.3) is 0 Å². The quantitative estimate of drug-likeness (QED) is 0.570. The summed E-state index contributed by atoms with van der Waals surface area (Å²) in [4.78, 5) is 14.6. The maximum atomic E-state index is 13.5. The first kappa shape index (κ1) is 12.6. The minimum atomic E-state index is -2.70. The fraction of sp³-hybridized carbons (Fsp3) is 0.400. The number of hydrogen-bond donors (Lipinski definition) is 3. The zero-order valence-electron chi connectivity index (χ0n) is 9.08. The van der Waals surface area contributed by atoms with Gasteiger partial charge in [0.1, 0.15) is 0 Å². The summed E-state index contributed by atoms with van der Waals surface area (Å²) in [5, 5.41) is 10.9. The second kappa shape index (κ2) is 4.45. The molecule has 0 spiro atoms. The van der Waals surface area contributed by atoms with Crippen molar-refractivity contribution in [2.24, 2.45) is 0 Å². The predicted molar refractivity (Wildman–Crippen MR) is 55.0 cm³/mol. The summed E-state index contributed by atoms with van der Waals surface area (Å²) in [5.41, 5.74) is 1.17. The average molecular weight is 261 g/mol. The number of amides is 1. The standard InChI is InChI=1S/C10H10F3N3O2/c11-7-1-5(9(17)16-18)4-14-8(7)15-6-2-10(12,13)3-6/h1,4,6,18H,2-3H2,(H,14,15)(H,16,17).